The van der Waals surface area contributed by atoms with Crippen LogP contribution in [0.1, 0.15) is 5.82 Å². The molecule has 0 unspecified atom stereocenters. The monoisotopic (exact) mass is 294 g/mol. The van der Waals surface area contributed by atoms with E-state index >= 15 is 0 Å². The summed E-state index contributed by atoms with van der Waals surface area (Å²) in [5, 5.41) is 0. The second-order valence-electron chi connectivity index (χ2n) is 5.11. The molecule has 0 aliphatic carbocycles. The van der Waals surface area contributed by atoms with Crippen molar-refractivity contribution in [2.45, 2.75) is 0 Å². The van der Waals surface area contributed by atoms with Crippen molar-refractivity contribution in [2.75, 3.05) is 23.9 Å². The van der Waals surface area contributed by atoms with Gasteiger partial charge in [0.25, 0.3) is 0 Å². The predicted molar refractivity (Wildman–Crippen MR) is 83.1 cm³/mol. The predicted octanol–water partition coefficient (Wildman–Crippen LogP) is 1.04. The van der Waals surface area contributed by atoms with E-state index in [-0.39, 0.29) is 0 Å². The lowest BCUT2D eigenvalue weighted by atomic mass is 10.4. The zero-order valence-corrected chi connectivity index (χ0v) is 12.5. The van der Waals surface area contributed by atoms with Crippen molar-refractivity contribution in [1.82, 2.24) is 29.5 Å². The van der Waals surface area contributed by atoms with Gasteiger partial charge in [0.2, 0.25) is 0 Å². The van der Waals surface area contributed by atoms with E-state index in [1.54, 1.807) is 18.7 Å². The molecule has 0 saturated heterocycles. The Kier molecular flexibility index (Phi) is 2.59. The number of fused-ring (bicyclic) bond motifs is 2. The summed E-state index contributed by atoms with van der Waals surface area (Å²) in [6.45, 7) is 0. The van der Waals surface area contributed by atoms with Gasteiger partial charge in [-0.2, -0.15) is 0 Å². The average Bonchev–Trinajstić information content (AvgIpc) is 2.99. The highest BCUT2D eigenvalue weighted by molar-refractivity contribution is 5.82. The molecule has 0 fully saturated rings. The van der Waals surface area contributed by atoms with Gasteiger partial charge in [-0.25, -0.2) is 24.9 Å². The van der Waals surface area contributed by atoms with Gasteiger partial charge in [-0.3, -0.25) is 0 Å². The molecule has 22 heavy (non-hydrogen) atoms. The lowest BCUT2D eigenvalue weighted by molar-refractivity contribution is 0.920. The highest BCUT2D eigenvalue weighted by Crippen LogP contribution is 2.37. The quantitative estimate of drug-likeness (QED) is 0.663. The van der Waals surface area contributed by atoms with Crippen LogP contribution in [0.25, 0.3) is 17.2 Å². The molecule has 1 aliphatic heterocycles. The Balaban J connectivity index is 1.84. The van der Waals surface area contributed by atoms with Crippen LogP contribution in [0.15, 0.2) is 30.9 Å². The second-order valence-corrected chi connectivity index (χ2v) is 5.11. The summed E-state index contributed by atoms with van der Waals surface area (Å²) in [6.07, 6.45) is 8.63. The van der Waals surface area contributed by atoms with Crippen molar-refractivity contribution in [3.8, 4) is 0 Å². The van der Waals surface area contributed by atoms with Gasteiger partial charge < -0.3 is 14.4 Å². The molecule has 4 rings (SSSR count). The summed E-state index contributed by atoms with van der Waals surface area (Å²) in [4.78, 5) is 25.3. The van der Waals surface area contributed by atoms with Crippen molar-refractivity contribution in [3.63, 3.8) is 0 Å². The largest absolute Gasteiger partial charge is 0.326 e. The number of aryl methyl sites for hydroxylation is 1. The van der Waals surface area contributed by atoms with Gasteiger partial charge in [0.1, 0.15) is 35.5 Å². The van der Waals surface area contributed by atoms with Crippen LogP contribution in [0.4, 0.5) is 11.5 Å². The molecule has 0 amide bonds. The van der Waals surface area contributed by atoms with Gasteiger partial charge in [0.15, 0.2) is 11.5 Å². The molecule has 0 radical (unpaired) electrons. The minimum absolute atomic E-state index is 0.685. The van der Waals surface area contributed by atoms with Crippen LogP contribution in [-0.2, 0) is 7.05 Å². The summed E-state index contributed by atoms with van der Waals surface area (Å²) >= 11 is 0. The van der Waals surface area contributed by atoms with Crippen LogP contribution in [0.3, 0.4) is 0 Å². The molecule has 3 aromatic rings. The molecule has 8 nitrogen and oxygen atoms in total. The fraction of sp³-hybridized carbons (Fsp3) is 0.214. The van der Waals surface area contributed by atoms with Crippen LogP contribution in [0, 0.1) is 0 Å². The number of hydrogen-bond acceptors (Lipinski definition) is 7. The van der Waals surface area contributed by atoms with Crippen LogP contribution in [0.2, 0.25) is 0 Å². The third kappa shape index (κ3) is 1.67. The molecule has 3 aromatic heterocycles. The highest BCUT2D eigenvalue weighted by atomic mass is 15.4. The third-order valence-corrected chi connectivity index (χ3v) is 3.90. The Labute approximate surface area is 126 Å². The minimum Gasteiger partial charge on any atom is -0.326 e. The number of hydrogen-bond donors (Lipinski definition) is 0. The van der Waals surface area contributed by atoms with Crippen molar-refractivity contribution < 1.29 is 0 Å². The van der Waals surface area contributed by atoms with Gasteiger partial charge >= 0.3 is 0 Å². The fourth-order valence-electron chi connectivity index (χ4n) is 2.65. The van der Waals surface area contributed by atoms with E-state index in [9.17, 15) is 0 Å². The van der Waals surface area contributed by atoms with Gasteiger partial charge in [-0.05, 0) is 0 Å². The Hall–Kier alpha value is -3.03. The lowest BCUT2D eigenvalue weighted by Gasteiger charge is -2.17. The van der Waals surface area contributed by atoms with E-state index in [1.807, 2.05) is 41.6 Å². The molecule has 0 spiro atoms. The summed E-state index contributed by atoms with van der Waals surface area (Å²) in [7, 11) is 5.91. The molecule has 4 heterocycles. The molecule has 0 saturated carbocycles. The van der Waals surface area contributed by atoms with E-state index in [0.29, 0.717) is 5.65 Å². The molecule has 1 aliphatic rings. The number of rotatable bonds is 1. The van der Waals surface area contributed by atoms with E-state index in [1.165, 1.54) is 6.33 Å². The summed E-state index contributed by atoms with van der Waals surface area (Å²) in [6, 6.07) is 0. The molecule has 110 valence electrons. The first-order valence-corrected chi connectivity index (χ1v) is 6.78. The maximum absolute atomic E-state index is 4.55. The number of nitrogens with zero attached hydrogens (tertiary/aromatic N) is 8. The van der Waals surface area contributed by atoms with E-state index in [4.69, 9.17) is 0 Å². The van der Waals surface area contributed by atoms with Crippen molar-refractivity contribution in [2.24, 2.45) is 7.05 Å². The number of anilines is 2. The molecule has 0 atom stereocenters. The van der Waals surface area contributed by atoms with Gasteiger partial charge in [0, 0.05) is 27.2 Å². The standard InChI is InChI=1S/C14H14N8/c1-20-9-5-15-7-17-13(9)19-11(20)4-12-21(2)10-6-16-8-18-14(10)22(12)3/h4-8H,1-3H3. The van der Waals surface area contributed by atoms with Crippen molar-refractivity contribution >= 4 is 28.7 Å². The minimum atomic E-state index is 0.685. The number of imidazole rings is 1. The van der Waals surface area contributed by atoms with Gasteiger partial charge in [-0.15, -0.1) is 0 Å². The normalized spacial score (nSPS) is 15.9. The van der Waals surface area contributed by atoms with E-state index < -0.39 is 0 Å². The molecular formula is C14H14N8. The number of aromatic nitrogens is 6. The highest BCUT2D eigenvalue weighted by Gasteiger charge is 2.28. The van der Waals surface area contributed by atoms with Crippen LogP contribution in [-0.4, -0.2) is 43.6 Å². The summed E-state index contributed by atoms with van der Waals surface area (Å²) < 4.78 is 1.97. The average molecular weight is 294 g/mol. The van der Waals surface area contributed by atoms with E-state index in [2.05, 4.69) is 24.9 Å². The Morgan fingerprint density at radius 1 is 0.955 bits per heavy atom. The molecular weight excluding hydrogens is 280 g/mol. The zero-order chi connectivity index (χ0) is 15.3. The van der Waals surface area contributed by atoms with Gasteiger partial charge in [-0.1, -0.05) is 0 Å². The van der Waals surface area contributed by atoms with E-state index in [0.717, 1.165) is 28.7 Å². The molecule has 0 aromatic carbocycles. The first-order valence-electron chi connectivity index (χ1n) is 6.78. The molecule has 0 bridgehead atoms. The first kappa shape index (κ1) is 12.7. The van der Waals surface area contributed by atoms with Crippen LogP contribution >= 0.6 is 0 Å². The SMILES string of the molecule is CN1C(=Cc2nc3ncncc3n2C)N(C)c2ncncc21. The fourth-order valence-corrected chi connectivity index (χ4v) is 2.65. The molecule has 0 N–H and O–H groups in total. The van der Waals surface area contributed by atoms with Crippen molar-refractivity contribution in [1.29, 1.82) is 0 Å². The Morgan fingerprint density at radius 2 is 1.73 bits per heavy atom. The van der Waals surface area contributed by atoms with Crippen LogP contribution in [0.5, 0.6) is 0 Å². The third-order valence-electron chi connectivity index (χ3n) is 3.90. The molecule has 8 heteroatoms. The van der Waals surface area contributed by atoms with Crippen LogP contribution < -0.4 is 9.80 Å². The Morgan fingerprint density at radius 3 is 2.50 bits per heavy atom. The van der Waals surface area contributed by atoms with Gasteiger partial charge in [0.05, 0.1) is 12.4 Å². The first-order chi connectivity index (χ1) is 10.7. The lowest BCUT2D eigenvalue weighted by Crippen LogP contribution is -2.22. The Bertz CT molecular complexity index is 866. The maximum atomic E-state index is 4.55. The zero-order valence-electron chi connectivity index (χ0n) is 12.5. The maximum Gasteiger partial charge on any atom is 0.181 e. The summed E-state index contributed by atoms with van der Waals surface area (Å²) in [5.41, 5.74) is 2.55. The van der Waals surface area contributed by atoms with Crippen molar-refractivity contribution in [3.05, 3.63) is 36.7 Å². The smallest absolute Gasteiger partial charge is 0.181 e. The second kappa shape index (κ2) is 4.48. The topological polar surface area (TPSA) is 75.9 Å². The summed E-state index contributed by atoms with van der Waals surface area (Å²) in [5.74, 6) is 2.66.